The van der Waals surface area contributed by atoms with Gasteiger partial charge in [0.15, 0.2) is 11.4 Å². The second-order valence-electron chi connectivity index (χ2n) is 4.75. The Labute approximate surface area is 83.5 Å². The first kappa shape index (κ1) is 9.93. The van der Waals surface area contributed by atoms with Gasteiger partial charge in [0.2, 0.25) is 0 Å². The normalized spacial score (nSPS) is 45.9. The van der Waals surface area contributed by atoms with Crippen molar-refractivity contribution in [2.75, 3.05) is 6.61 Å². The van der Waals surface area contributed by atoms with Gasteiger partial charge in [-0.05, 0) is 27.7 Å². The van der Waals surface area contributed by atoms with E-state index in [-0.39, 0.29) is 18.0 Å². The van der Waals surface area contributed by atoms with E-state index in [1.165, 1.54) is 0 Å². The lowest BCUT2D eigenvalue weighted by atomic mass is 9.92. The molecule has 0 aliphatic carbocycles. The van der Waals surface area contributed by atoms with Crippen LogP contribution in [0.15, 0.2) is 0 Å². The van der Waals surface area contributed by atoms with Crippen molar-refractivity contribution in [2.45, 2.75) is 45.2 Å². The number of esters is 1. The van der Waals surface area contributed by atoms with Gasteiger partial charge < -0.3 is 14.2 Å². The molecule has 2 rings (SSSR count). The highest BCUT2D eigenvalue weighted by Crippen LogP contribution is 2.40. The van der Waals surface area contributed by atoms with Crippen molar-refractivity contribution in [3.8, 4) is 0 Å². The van der Waals surface area contributed by atoms with Crippen LogP contribution in [0.25, 0.3) is 0 Å². The fraction of sp³-hybridized carbons (Fsp3) is 0.900. The van der Waals surface area contributed by atoms with E-state index in [1.54, 1.807) is 0 Å². The van der Waals surface area contributed by atoms with Crippen LogP contribution in [0.5, 0.6) is 0 Å². The Bertz CT molecular complexity index is 273. The Morgan fingerprint density at radius 1 is 1.36 bits per heavy atom. The first-order chi connectivity index (χ1) is 6.34. The van der Waals surface area contributed by atoms with Gasteiger partial charge >= 0.3 is 5.97 Å². The molecule has 0 spiro atoms. The van der Waals surface area contributed by atoms with E-state index in [1.807, 2.05) is 27.7 Å². The van der Waals surface area contributed by atoms with Crippen LogP contribution >= 0.6 is 0 Å². The van der Waals surface area contributed by atoms with Gasteiger partial charge in [-0.2, -0.15) is 0 Å². The molecule has 3 atom stereocenters. The third-order valence-electron chi connectivity index (χ3n) is 2.88. The number of fused-ring (bicyclic) bond motifs is 1. The molecule has 0 aromatic rings. The number of hydrogen-bond donors (Lipinski definition) is 0. The van der Waals surface area contributed by atoms with E-state index in [4.69, 9.17) is 14.2 Å². The van der Waals surface area contributed by atoms with Crippen molar-refractivity contribution in [1.82, 2.24) is 0 Å². The quantitative estimate of drug-likeness (QED) is 0.549. The minimum Gasteiger partial charge on any atom is -0.454 e. The van der Waals surface area contributed by atoms with Crippen LogP contribution in [-0.4, -0.2) is 30.1 Å². The van der Waals surface area contributed by atoms with Crippen LogP contribution < -0.4 is 0 Å². The van der Waals surface area contributed by atoms with E-state index < -0.39 is 11.4 Å². The van der Waals surface area contributed by atoms with E-state index in [9.17, 15) is 4.79 Å². The number of rotatable bonds is 0. The molecule has 0 bridgehead atoms. The average molecular weight is 200 g/mol. The monoisotopic (exact) mass is 200 g/mol. The molecule has 0 aromatic carbocycles. The van der Waals surface area contributed by atoms with E-state index in [2.05, 4.69) is 0 Å². The third kappa shape index (κ3) is 1.33. The summed E-state index contributed by atoms with van der Waals surface area (Å²) in [5, 5.41) is 0. The number of carbonyl (C=O) groups is 1. The van der Waals surface area contributed by atoms with E-state index in [0.29, 0.717) is 6.61 Å². The molecule has 2 fully saturated rings. The van der Waals surface area contributed by atoms with Crippen LogP contribution in [0.2, 0.25) is 0 Å². The van der Waals surface area contributed by atoms with Gasteiger partial charge in [-0.1, -0.05) is 0 Å². The summed E-state index contributed by atoms with van der Waals surface area (Å²) in [5.41, 5.74) is -0.605. The third-order valence-corrected chi connectivity index (χ3v) is 2.88. The Balaban J connectivity index is 2.25. The lowest BCUT2D eigenvalue weighted by Gasteiger charge is -2.42. The molecule has 4 heteroatoms. The first-order valence-corrected chi connectivity index (χ1v) is 4.89. The lowest BCUT2D eigenvalue weighted by molar-refractivity contribution is -0.319. The summed E-state index contributed by atoms with van der Waals surface area (Å²) in [6.07, 6.45) is -0.196. The Kier molecular flexibility index (Phi) is 1.92. The maximum atomic E-state index is 11.4. The van der Waals surface area contributed by atoms with Crippen molar-refractivity contribution in [1.29, 1.82) is 0 Å². The highest BCUT2D eigenvalue weighted by Gasteiger charge is 2.57. The maximum absolute atomic E-state index is 11.4. The molecule has 2 heterocycles. The largest absolute Gasteiger partial charge is 0.454 e. The molecule has 0 aromatic heterocycles. The van der Waals surface area contributed by atoms with Crippen molar-refractivity contribution in [3.63, 3.8) is 0 Å². The molecule has 14 heavy (non-hydrogen) atoms. The van der Waals surface area contributed by atoms with Gasteiger partial charge in [-0.3, -0.25) is 4.79 Å². The lowest BCUT2D eigenvalue weighted by Crippen LogP contribution is -2.55. The summed E-state index contributed by atoms with van der Waals surface area (Å²) >= 11 is 0. The molecule has 0 saturated carbocycles. The molecule has 0 N–H and O–H groups in total. The molecule has 2 aliphatic heterocycles. The Morgan fingerprint density at radius 3 is 2.64 bits per heavy atom. The summed E-state index contributed by atoms with van der Waals surface area (Å²) in [4.78, 5) is 11.4. The Hall–Kier alpha value is -0.610. The maximum Gasteiger partial charge on any atom is 0.312 e. The van der Waals surface area contributed by atoms with E-state index >= 15 is 0 Å². The molecule has 2 saturated heterocycles. The molecule has 4 nitrogen and oxygen atoms in total. The van der Waals surface area contributed by atoms with Gasteiger partial charge in [0.05, 0.1) is 12.5 Å². The van der Waals surface area contributed by atoms with Crippen molar-refractivity contribution >= 4 is 5.97 Å². The van der Waals surface area contributed by atoms with Gasteiger partial charge in [0, 0.05) is 0 Å². The van der Waals surface area contributed by atoms with Crippen LogP contribution in [0.1, 0.15) is 27.7 Å². The number of carbonyl (C=O) groups excluding carboxylic acids is 1. The predicted molar refractivity (Wildman–Crippen MR) is 48.6 cm³/mol. The predicted octanol–water partition coefficient (Wildman–Crippen LogP) is 1.09. The topological polar surface area (TPSA) is 44.8 Å². The summed E-state index contributed by atoms with van der Waals surface area (Å²) < 4.78 is 16.5. The summed E-state index contributed by atoms with van der Waals surface area (Å²) in [6.45, 7) is 7.79. The smallest absolute Gasteiger partial charge is 0.312 e. The number of ether oxygens (including phenoxy) is 3. The summed E-state index contributed by atoms with van der Waals surface area (Å²) in [5.74, 6) is -1.02. The highest BCUT2D eigenvalue weighted by atomic mass is 16.7. The van der Waals surface area contributed by atoms with Gasteiger partial charge in [0.1, 0.15) is 6.10 Å². The fourth-order valence-electron chi connectivity index (χ4n) is 2.03. The van der Waals surface area contributed by atoms with Crippen LogP contribution in [0.3, 0.4) is 0 Å². The van der Waals surface area contributed by atoms with Crippen LogP contribution in [0.4, 0.5) is 0 Å². The van der Waals surface area contributed by atoms with Gasteiger partial charge in [-0.25, -0.2) is 0 Å². The minimum atomic E-state index is -0.619. The Morgan fingerprint density at radius 2 is 2.00 bits per heavy atom. The standard InChI is InChI=1S/C10H16O4/c1-6-7-10(4,14-8(6)11)5-12-9(2,3)13-7/h6-7H,5H2,1-4H3/t6?,7-,10-/m1/s1. The molecule has 80 valence electrons. The van der Waals surface area contributed by atoms with E-state index in [0.717, 1.165) is 0 Å². The van der Waals surface area contributed by atoms with Gasteiger partial charge in [0.25, 0.3) is 0 Å². The second-order valence-corrected chi connectivity index (χ2v) is 4.75. The highest BCUT2D eigenvalue weighted by molar-refractivity contribution is 5.76. The second kappa shape index (κ2) is 2.70. The zero-order valence-corrected chi connectivity index (χ0v) is 8.99. The summed E-state index contributed by atoms with van der Waals surface area (Å²) in [6, 6.07) is 0. The van der Waals surface area contributed by atoms with Crippen LogP contribution in [-0.2, 0) is 19.0 Å². The molecule has 1 unspecified atom stereocenters. The first-order valence-electron chi connectivity index (χ1n) is 4.89. The zero-order chi connectivity index (χ0) is 10.6. The molecular formula is C10H16O4. The molecule has 0 radical (unpaired) electrons. The minimum absolute atomic E-state index is 0.196. The number of hydrogen-bond acceptors (Lipinski definition) is 4. The van der Waals surface area contributed by atoms with Crippen molar-refractivity contribution < 1.29 is 19.0 Å². The molecular weight excluding hydrogens is 184 g/mol. The van der Waals surface area contributed by atoms with Crippen molar-refractivity contribution in [3.05, 3.63) is 0 Å². The fourth-order valence-corrected chi connectivity index (χ4v) is 2.03. The molecule has 0 amide bonds. The van der Waals surface area contributed by atoms with Crippen LogP contribution in [0, 0.1) is 5.92 Å². The van der Waals surface area contributed by atoms with Gasteiger partial charge in [-0.15, -0.1) is 0 Å². The SMILES string of the molecule is CC1C(=O)O[C@]2(C)COC(C)(C)O[C@H]12. The summed E-state index contributed by atoms with van der Waals surface area (Å²) in [7, 11) is 0. The molecule has 2 aliphatic rings. The average Bonchev–Trinajstić information content (AvgIpc) is 2.27. The zero-order valence-electron chi connectivity index (χ0n) is 8.99. The van der Waals surface area contributed by atoms with Crippen molar-refractivity contribution in [2.24, 2.45) is 5.92 Å².